The lowest BCUT2D eigenvalue weighted by Crippen LogP contribution is -2.49. The van der Waals surface area contributed by atoms with E-state index in [0.717, 1.165) is 6.42 Å². The Morgan fingerprint density at radius 3 is 2.48 bits per heavy atom. The van der Waals surface area contributed by atoms with Gasteiger partial charge in [0.25, 0.3) is 0 Å². The maximum absolute atomic E-state index is 3.65. The van der Waals surface area contributed by atoms with E-state index in [9.17, 15) is 0 Å². The molecule has 1 saturated carbocycles. The third-order valence-corrected chi connectivity index (χ3v) is 5.86. The third kappa shape index (κ3) is 3.07. The molecule has 1 heterocycles. The molecule has 0 radical (unpaired) electrons. The Morgan fingerprint density at radius 2 is 1.86 bits per heavy atom. The Morgan fingerprint density at radius 1 is 1.10 bits per heavy atom. The average molecular weight is 299 g/mol. The molecular formula is C19H25NS. The standard InChI is InChI=1S/C19H25NS/c1-20-18(14-16-10-13-21-15-16)19(11-6-3-7-12-19)17-8-4-2-5-9-17/h2,4-5,8-10,13,15,18,20H,3,6-7,11-12,14H2,1H3. The van der Waals surface area contributed by atoms with E-state index in [-0.39, 0.29) is 0 Å². The molecule has 1 N–H and O–H groups in total. The quantitative estimate of drug-likeness (QED) is 0.837. The highest BCUT2D eigenvalue weighted by molar-refractivity contribution is 7.07. The van der Waals surface area contributed by atoms with Crippen molar-refractivity contribution in [3.8, 4) is 0 Å². The predicted molar refractivity (Wildman–Crippen MR) is 92.1 cm³/mol. The lowest BCUT2D eigenvalue weighted by atomic mass is 9.64. The van der Waals surface area contributed by atoms with Gasteiger partial charge >= 0.3 is 0 Å². The molecule has 0 spiro atoms. The van der Waals surface area contributed by atoms with Crippen LogP contribution in [-0.4, -0.2) is 13.1 Å². The molecule has 2 heteroatoms. The molecule has 1 atom stereocenters. The lowest BCUT2D eigenvalue weighted by Gasteiger charge is -2.44. The normalized spacial score (nSPS) is 19.3. The summed E-state index contributed by atoms with van der Waals surface area (Å²) < 4.78 is 0. The van der Waals surface area contributed by atoms with Crippen molar-refractivity contribution in [1.29, 1.82) is 0 Å². The number of nitrogens with one attached hydrogen (secondary N) is 1. The van der Waals surface area contributed by atoms with Gasteiger partial charge in [0.2, 0.25) is 0 Å². The van der Waals surface area contributed by atoms with E-state index in [1.54, 1.807) is 11.3 Å². The van der Waals surface area contributed by atoms with Gasteiger partial charge in [-0.15, -0.1) is 0 Å². The van der Waals surface area contributed by atoms with Crippen LogP contribution in [0, 0.1) is 0 Å². The minimum atomic E-state index is 0.302. The number of likely N-dealkylation sites (N-methyl/N-ethyl adjacent to an activating group) is 1. The van der Waals surface area contributed by atoms with Crippen molar-refractivity contribution in [2.75, 3.05) is 7.05 Å². The Kier molecular flexibility index (Phi) is 4.77. The van der Waals surface area contributed by atoms with Crippen molar-refractivity contribution >= 4 is 11.3 Å². The molecule has 112 valence electrons. The van der Waals surface area contributed by atoms with Gasteiger partial charge in [-0.25, -0.2) is 0 Å². The molecule has 3 rings (SSSR count). The van der Waals surface area contributed by atoms with Crippen LogP contribution in [0.25, 0.3) is 0 Å². The summed E-state index contributed by atoms with van der Waals surface area (Å²) in [7, 11) is 2.14. The van der Waals surface area contributed by atoms with Gasteiger partial charge in [0.1, 0.15) is 0 Å². The van der Waals surface area contributed by atoms with Crippen LogP contribution in [0.1, 0.15) is 43.2 Å². The van der Waals surface area contributed by atoms with E-state index in [4.69, 9.17) is 0 Å². The zero-order valence-corrected chi connectivity index (χ0v) is 13.7. The number of hydrogen-bond acceptors (Lipinski definition) is 2. The van der Waals surface area contributed by atoms with Crippen molar-refractivity contribution in [3.05, 3.63) is 58.3 Å². The molecule has 2 aromatic rings. The summed E-state index contributed by atoms with van der Waals surface area (Å²) in [4.78, 5) is 0. The van der Waals surface area contributed by atoms with Gasteiger partial charge in [-0.3, -0.25) is 0 Å². The SMILES string of the molecule is CNC(Cc1ccsc1)C1(c2ccccc2)CCCCC1. The second-order valence-corrected chi connectivity index (χ2v) is 7.04. The van der Waals surface area contributed by atoms with E-state index in [1.807, 2.05) is 0 Å². The van der Waals surface area contributed by atoms with Crippen LogP contribution in [0.2, 0.25) is 0 Å². The fourth-order valence-corrected chi connectivity index (χ4v) is 4.69. The molecule has 0 aliphatic heterocycles. The van der Waals surface area contributed by atoms with Gasteiger partial charge in [-0.05, 0) is 54.3 Å². The Bertz CT molecular complexity index is 526. The maximum atomic E-state index is 3.65. The molecule has 1 aliphatic carbocycles. The summed E-state index contributed by atoms with van der Waals surface area (Å²) in [6.07, 6.45) is 7.87. The van der Waals surface area contributed by atoms with E-state index in [0.29, 0.717) is 11.5 Å². The molecule has 0 bridgehead atoms. The molecule has 1 aromatic heterocycles. The van der Waals surface area contributed by atoms with E-state index in [2.05, 4.69) is 59.5 Å². The number of hydrogen-bond donors (Lipinski definition) is 1. The van der Waals surface area contributed by atoms with Gasteiger partial charge in [0.05, 0.1) is 0 Å². The Hall–Kier alpha value is -1.12. The number of rotatable bonds is 5. The molecule has 1 aromatic carbocycles. The van der Waals surface area contributed by atoms with E-state index in [1.165, 1.54) is 43.2 Å². The molecular weight excluding hydrogens is 274 g/mol. The van der Waals surface area contributed by atoms with Crippen molar-refractivity contribution in [2.24, 2.45) is 0 Å². The summed E-state index contributed by atoms with van der Waals surface area (Å²) in [5, 5.41) is 8.14. The van der Waals surface area contributed by atoms with Gasteiger partial charge < -0.3 is 5.32 Å². The summed E-state index contributed by atoms with van der Waals surface area (Å²) >= 11 is 1.81. The van der Waals surface area contributed by atoms with Crippen LogP contribution in [-0.2, 0) is 11.8 Å². The highest BCUT2D eigenvalue weighted by atomic mass is 32.1. The lowest BCUT2D eigenvalue weighted by molar-refractivity contribution is 0.218. The molecule has 1 aliphatic rings. The van der Waals surface area contributed by atoms with E-state index >= 15 is 0 Å². The predicted octanol–water partition coefficient (Wildman–Crippen LogP) is 4.78. The minimum Gasteiger partial charge on any atom is -0.316 e. The van der Waals surface area contributed by atoms with E-state index < -0.39 is 0 Å². The number of thiophene rings is 1. The van der Waals surface area contributed by atoms with Crippen molar-refractivity contribution in [3.63, 3.8) is 0 Å². The van der Waals surface area contributed by atoms with Gasteiger partial charge in [-0.1, -0.05) is 49.6 Å². The fraction of sp³-hybridized carbons (Fsp3) is 0.474. The second kappa shape index (κ2) is 6.76. The van der Waals surface area contributed by atoms with Crippen molar-refractivity contribution in [2.45, 2.75) is 50.0 Å². The highest BCUT2D eigenvalue weighted by Crippen LogP contribution is 2.43. The number of benzene rings is 1. The average Bonchev–Trinajstić information content (AvgIpc) is 3.07. The molecule has 1 unspecified atom stereocenters. The molecule has 0 amide bonds. The van der Waals surface area contributed by atoms with Crippen molar-refractivity contribution in [1.82, 2.24) is 5.32 Å². The fourth-order valence-electron chi connectivity index (χ4n) is 4.01. The summed E-state index contributed by atoms with van der Waals surface area (Å²) in [6.45, 7) is 0. The third-order valence-electron chi connectivity index (χ3n) is 5.13. The second-order valence-electron chi connectivity index (χ2n) is 6.26. The molecule has 0 saturated heterocycles. The zero-order valence-electron chi connectivity index (χ0n) is 12.8. The Balaban J connectivity index is 1.93. The van der Waals surface area contributed by atoms with Crippen LogP contribution in [0.5, 0.6) is 0 Å². The highest BCUT2D eigenvalue weighted by Gasteiger charge is 2.40. The zero-order chi connectivity index (χ0) is 14.5. The van der Waals surface area contributed by atoms with Crippen LogP contribution < -0.4 is 5.32 Å². The molecule has 1 fully saturated rings. The van der Waals surface area contributed by atoms with Gasteiger partial charge in [-0.2, -0.15) is 11.3 Å². The monoisotopic (exact) mass is 299 g/mol. The Labute approximate surface area is 132 Å². The van der Waals surface area contributed by atoms with Crippen LogP contribution in [0.15, 0.2) is 47.2 Å². The van der Waals surface area contributed by atoms with Crippen molar-refractivity contribution < 1.29 is 0 Å². The van der Waals surface area contributed by atoms with Crippen LogP contribution in [0.3, 0.4) is 0 Å². The molecule has 1 nitrogen and oxygen atoms in total. The van der Waals surface area contributed by atoms with Crippen LogP contribution >= 0.6 is 11.3 Å². The maximum Gasteiger partial charge on any atom is 0.0202 e. The summed E-state index contributed by atoms with van der Waals surface area (Å²) in [5.41, 5.74) is 3.30. The largest absolute Gasteiger partial charge is 0.316 e. The smallest absolute Gasteiger partial charge is 0.0202 e. The van der Waals surface area contributed by atoms with Gasteiger partial charge in [0, 0.05) is 11.5 Å². The first-order valence-corrected chi connectivity index (χ1v) is 9.03. The first-order valence-electron chi connectivity index (χ1n) is 8.09. The van der Waals surface area contributed by atoms with Crippen LogP contribution in [0.4, 0.5) is 0 Å². The first-order chi connectivity index (χ1) is 10.3. The summed E-state index contributed by atoms with van der Waals surface area (Å²) in [6, 6.07) is 14.0. The minimum absolute atomic E-state index is 0.302. The topological polar surface area (TPSA) is 12.0 Å². The summed E-state index contributed by atoms with van der Waals surface area (Å²) in [5.74, 6) is 0. The molecule has 21 heavy (non-hydrogen) atoms. The van der Waals surface area contributed by atoms with Gasteiger partial charge in [0.15, 0.2) is 0 Å². The first kappa shape index (κ1) is 14.8.